The minimum absolute atomic E-state index is 0.264. The number of ether oxygens (including phenoxy) is 1. The second kappa shape index (κ2) is 6.62. The van der Waals surface area contributed by atoms with Crippen LogP contribution in [0.25, 0.3) is 0 Å². The van der Waals surface area contributed by atoms with Crippen molar-refractivity contribution < 1.29 is 19.3 Å². The van der Waals surface area contributed by atoms with Crippen molar-refractivity contribution in [1.82, 2.24) is 0 Å². The molecule has 100 valence electrons. The molecule has 0 heterocycles. The van der Waals surface area contributed by atoms with Crippen LogP contribution in [0.5, 0.6) is 0 Å². The third kappa shape index (κ3) is 4.86. The van der Waals surface area contributed by atoms with Crippen LogP contribution in [0.4, 0.5) is 0 Å². The third-order valence-corrected chi connectivity index (χ3v) is 2.29. The van der Waals surface area contributed by atoms with Gasteiger partial charge in [-0.15, -0.1) is 0 Å². The fraction of sp³-hybridized carbons (Fsp3) is 0.267. The summed E-state index contributed by atoms with van der Waals surface area (Å²) in [6.45, 7) is 8.62. The minimum Gasteiger partial charge on any atom is -0.365 e. The van der Waals surface area contributed by atoms with Crippen LogP contribution in [-0.4, -0.2) is 5.97 Å². The summed E-state index contributed by atoms with van der Waals surface area (Å²) >= 11 is 0. The van der Waals surface area contributed by atoms with Gasteiger partial charge in [0.25, 0.3) is 0 Å². The molecule has 0 aliphatic carbocycles. The summed E-state index contributed by atoms with van der Waals surface area (Å²) in [6.07, 6.45) is 4.22. The van der Waals surface area contributed by atoms with Gasteiger partial charge in [0.2, 0.25) is 6.11 Å². The SMILES string of the molecule is C=C(C)C(=O)OC#COOC(C)(C)c1ccccc1. The van der Waals surface area contributed by atoms with E-state index >= 15 is 0 Å². The normalized spacial score (nSPS) is 10.1. The highest BCUT2D eigenvalue weighted by Gasteiger charge is 2.22. The van der Waals surface area contributed by atoms with E-state index < -0.39 is 11.6 Å². The van der Waals surface area contributed by atoms with Crippen LogP contribution in [0.1, 0.15) is 26.3 Å². The van der Waals surface area contributed by atoms with Crippen LogP contribution >= 0.6 is 0 Å². The molecule has 0 radical (unpaired) electrons. The van der Waals surface area contributed by atoms with Gasteiger partial charge >= 0.3 is 5.97 Å². The Labute approximate surface area is 112 Å². The molecule has 0 N–H and O–H groups in total. The van der Waals surface area contributed by atoms with Crippen molar-refractivity contribution in [2.24, 2.45) is 0 Å². The standard InChI is InChI=1S/C15H16O4/c1-12(2)14(16)17-10-11-18-19-15(3,4)13-8-6-5-7-9-13/h5-9H,1H2,2-4H3. The number of rotatable bonds is 4. The second-order valence-electron chi connectivity index (χ2n) is 4.42. The van der Waals surface area contributed by atoms with Gasteiger partial charge in [-0.3, -0.25) is 4.89 Å². The summed E-state index contributed by atoms with van der Waals surface area (Å²) in [5, 5.41) is 0. The molecule has 0 amide bonds. The fourth-order valence-corrected chi connectivity index (χ4v) is 1.18. The van der Waals surface area contributed by atoms with Gasteiger partial charge in [0.05, 0.1) is 0 Å². The molecule has 0 fully saturated rings. The zero-order chi connectivity index (χ0) is 14.3. The first kappa shape index (κ1) is 14.8. The highest BCUT2D eigenvalue weighted by molar-refractivity contribution is 5.87. The monoisotopic (exact) mass is 260 g/mol. The Hall–Kier alpha value is -2.25. The molecule has 0 spiro atoms. The maximum absolute atomic E-state index is 11.0. The molecule has 0 aliphatic heterocycles. The van der Waals surface area contributed by atoms with Crippen molar-refractivity contribution in [3.63, 3.8) is 0 Å². The summed E-state index contributed by atoms with van der Waals surface area (Å²) in [7, 11) is 0. The van der Waals surface area contributed by atoms with E-state index in [0.29, 0.717) is 0 Å². The van der Waals surface area contributed by atoms with E-state index in [2.05, 4.69) is 23.5 Å². The predicted octanol–water partition coefficient (Wildman–Crippen LogP) is 2.91. The Bertz CT molecular complexity index is 506. The van der Waals surface area contributed by atoms with Crippen LogP contribution in [0.3, 0.4) is 0 Å². The molecule has 0 aliphatic rings. The molecular weight excluding hydrogens is 244 g/mol. The Balaban J connectivity index is 2.47. The summed E-state index contributed by atoms with van der Waals surface area (Å²) in [6, 6.07) is 9.55. The Kier molecular flexibility index (Phi) is 5.16. The number of esters is 1. The molecule has 1 aromatic carbocycles. The van der Waals surface area contributed by atoms with E-state index in [0.717, 1.165) is 5.56 Å². The van der Waals surface area contributed by atoms with Crippen molar-refractivity contribution in [1.29, 1.82) is 0 Å². The lowest BCUT2D eigenvalue weighted by atomic mass is 9.99. The number of benzene rings is 1. The topological polar surface area (TPSA) is 44.8 Å². The lowest BCUT2D eigenvalue weighted by Crippen LogP contribution is -2.20. The molecule has 1 rings (SSSR count). The zero-order valence-electron chi connectivity index (χ0n) is 11.2. The van der Waals surface area contributed by atoms with Gasteiger partial charge in [-0.25, -0.2) is 4.79 Å². The second-order valence-corrected chi connectivity index (χ2v) is 4.42. The van der Waals surface area contributed by atoms with Gasteiger partial charge in [-0.05, 0) is 26.3 Å². The summed E-state index contributed by atoms with van der Waals surface area (Å²) in [5.74, 6) is -0.599. The van der Waals surface area contributed by atoms with Crippen molar-refractivity contribution in [2.75, 3.05) is 0 Å². The van der Waals surface area contributed by atoms with Gasteiger partial charge in [-0.1, -0.05) is 36.9 Å². The van der Waals surface area contributed by atoms with E-state index in [1.165, 1.54) is 6.92 Å². The molecule has 0 saturated carbocycles. The molecule has 4 heteroatoms. The Morgan fingerprint density at radius 1 is 1.21 bits per heavy atom. The maximum Gasteiger partial charge on any atom is 0.347 e. The van der Waals surface area contributed by atoms with Gasteiger partial charge in [0.15, 0.2) is 6.11 Å². The number of carbonyl (C=O) groups excluding carboxylic acids is 1. The summed E-state index contributed by atoms with van der Waals surface area (Å²) < 4.78 is 4.52. The molecular formula is C15H16O4. The lowest BCUT2D eigenvalue weighted by molar-refractivity contribution is -0.311. The summed E-state index contributed by atoms with van der Waals surface area (Å²) in [4.78, 5) is 20.9. The Morgan fingerprint density at radius 3 is 2.42 bits per heavy atom. The molecule has 0 saturated heterocycles. The molecule has 0 atom stereocenters. The molecule has 0 bridgehead atoms. The fourth-order valence-electron chi connectivity index (χ4n) is 1.18. The van der Waals surface area contributed by atoms with Crippen molar-refractivity contribution in [3.8, 4) is 12.2 Å². The maximum atomic E-state index is 11.0. The first-order valence-electron chi connectivity index (χ1n) is 5.70. The average Bonchev–Trinajstić information content (AvgIpc) is 2.39. The minimum atomic E-state index is -0.658. The van der Waals surface area contributed by atoms with Crippen LogP contribution < -0.4 is 0 Å². The predicted molar refractivity (Wildman–Crippen MR) is 70.3 cm³/mol. The molecule has 0 unspecified atom stereocenters. The highest BCUT2D eigenvalue weighted by atomic mass is 17.2. The van der Waals surface area contributed by atoms with Gasteiger partial charge in [0.1, 0.15) is 5.60 Å². The van der Waals surface area contributed by atoms with Crippen LogP contribution in [0, 0.1) is 12.2 Å². The number of hydrogen-bond acceptors (Lipinski definition) is 4. The zero-order valence-corrected chi connectivity index (χ0v) is 11.2. The largest absolute Gasteiger partial charge is 0.365 e. The van der Waals surface area contributed by atoms with E-state index in [9.17, 15) is 4.79 Å². The first-order valence-corrected chi connectivity index (χ1v) is 5.70. The van der Waals surface area contributed by atoms with Crippen LogP contribution in [0.2, 0.25) is 0 Å². The third-order valence-electron chi connectivity index (χ3n) is 2.29. The number of hydrogen-bond donors (Lipinski definition) is 0. The van der Waals surface area contributed by atoms with Crippen molar-refractivity contribution in [2.45, 2.75) is 26.4 Å². The van der Waals surface area contributed by atoms with E-state index in [-0.39, 0.29) is 5.57 Å². The van der Waals surface area contributed by atoms with Gasteiger partial charge in [-0.2, -0.15) is 4.89 Å². The van der Waals surface area contributed by atoms with Crippen molar-refractivity contribution in [3.05, 3.63) is 48.0 Å². The van der Waals surface area contributed by atoms with E-state index in [1.54, 1.807) is 0 Å². The lowest BCUT2D eigenvalue weighted by Gasteiger charge is -2.21. The Morgan fingerprint density at radius 2 is 1.84 bits per heavy atom. The molecule has 19 heavy (non-hydrogen) atoms. The highest BCUT2D eigenvalue weighted by Crippen LogP contribution is 2.24. The van der Waals surface area contributed by atoms with Crippen LogP contribution in [0.15, 0.2) is 42.5 Å². The smallest absolute Gasteiger partial charge is 0.347 e. The van der Waals surface area contributed by atoms with Crippen LogP contribution in [-0.2, 0) is 24.9 Å². The van der Waals surface area contributed by atoms with E-state index in [4.69, 9.17) is 9.78 Å². The molecule has 4 nitrogen and oxygen atoms in total. The first-order chi connectivity index (χ1) is 8.93. The average molecular weight is 260 g/mol. The molecule has 1 aromatic rings. The number of carbonyl (C=O) groups is 1. The van der Waals surface area contributed by atoms with Gasteiger partial charge in [0, 0.05) is 5.57 Å². The van der Waals surface area contributed by atoms with Gasteiger partial charge < -0.3 is 4.74 Å². The van der Waals surface area contributed by atoms with Crippen molar-refractivity contribution >= 4 is 5.97 Å². The quantitative estimate of drug-likeness (QED) is 0.274. The summed E-state index contributed by atoms with van der Waals surface area (Å²) in [5.41, 5.74) is 0.546. The molecule has 0 aromatic heterocycles. The van der Waals surface area contributed by atoms with E-state index in [1.807, 2.05) is 44.2 Å².